The van der Waals surface area contributed by atoms with Crippen LogP contribution in [0.4, 0.5) is 0 Å². The van der Waals surface area contributed by atoms with E-state index in [-0.39, 0.29) is 5.91 Å². The number of hydrogen-bond donors (Lipinski definition) is 2. The molecular formula is C26H24Br2ClN3O3+2. The highest BCUT2D eigenvalue weighted by Gasteiger charge is 2.34. The van der Waals surface area contributed by atoms with E-state index in [9.17, 15) is 15.2 Å². The molecule has 180 valence electrons. The summed E-state index contributed by atoms with van der Waals surface area (Å²) in [4.78, 5) is 14.8. The summed E-state index contributed by atoms with van der Waals surface area (Å²) in [6.07, 6.45) is 8.04. The smallest absolute Gasteiger partial charge is 0.268 e. The van der Waals surface area contributed by atoms with Crippen molar-refractivity contribution in [3.05, 3.63) is 96.4 Å². The Labute approximate surface area is 225 Å². The summed E-state index contributed by atoms with van der Waals surface area (Å²) in [6, 6.07) is 9.48. The Balaban J connectivity index is 1.50. The maximum atomic E-state index is 12.9. The van der Waals surface area contributed by atoms with E-state index in [4.69, 9.17) is 11.6 Å². The third-order valence-corrected chi connectivity index (χ3v) is 7.97. The molecule has 6 nitrogen and oxygen atoms in total. The van der Waals surface area contributed by atoms with Crippen molar-refractivity contribution in [2.24, 2.45) is 0 Å². The number of halogens is 3. The Bertz CT molecular complexity index is 1290. The Hall–Kier alpha value is -2.42. The van der Waals surface area contributed by atoms with E-state index >= 15 is 0 Å². The number of aryl methyl sites for hydroxylation is 2. The molecule has 2 aromatic heterocycles. The van der Waals surface area contributed by atoms with Gasteiger partial charge in [0.1, 0.15) is 0 Å². The van der Waals surface area contributed by atoms with Gasteiger partial charge in [0, 0.05) is 55.3 Å². The van der Waals surface area contributed by atoms with Gasteiger partial charge in [0.05, 0.1) is 16.5 Å². The van der Waals surface area contributed by atoms with Crippen molar-refractivity contribution in [1.29, 1.82) is 0 Å². The van der Waals surface area contributed by atoms with Crippen LogP contribution in [0.25, 0.3) is 5.57 Å². The molecule has 5 rings (SSSR count). The van der Waals surface area contributed by atoms with Gasteiger partial charge in [-0.15, -0.1) is 0 Å². The van der Waals surface area contributed by atoms with Crippen molar-refractivity contribution < 1.29 is 24.7 Å². The molecule has 2 aliphatic rings. The Morgan fingerprint density at radius 2 is 1.69 bits per heavy atom. The average Bonchev–Trinajstić information content (AvgIpc) is 2.98. The molecule has 1 aliphatic carbocycles. The second-order valence-electron chi connectivity index (χ2n) is 8.92. The highest BCUT2D eigenvalue weighted by Crippen LogP contribution is 2.42. The lowest BCUT2D eigenvalue weighted by molar-refractivity contribution is -0.906. The summed E-state index contributed by atoms with van der Waals surface area (Å²) < 4.78 is 3.91. The van der Waals surface area contributed by atoms with E-state index < -0.39 is 0 Å². The molecule has 3 heterocycles. The normalized spacial score (nSPS) is 15.5. The predicted molar refractivity (Wildman–Crippen MR) is 137 cm³/mol. The fourth-order valence-corrected chi connectivity index (χ4v) is 6.57. The van der Waals surface area contributed by atoms with Gasteiger partial charge in [0.15, 0.2) is 0 Å². The molecule has 0 bridgehead atoms. The highest BCUT2D eigenvalue weighted by molar-refractivity contribution is 9.10. The van der Waals surface area contributed by atoms with E-state index in [1.165, 1.54) is 22.7 Å². The first-order chi connectivity index (χ1) is 16.8. The van der Waals surface area contributed by atoms with Crippen LogP contribution in [-0.2, 0) is 24.1 Å². The third kappa shape index (κ3) is 4.97. The van der Waals surface area contributed by atoms with Gasteiger partial charge >= 0.3 is 0 Å². The number of fused-ring (bicyclic) bond motifs is 2. The topological polar surface area (TPSA) is 68.5 Å². The minimum atomic E-state index is 0.0699. The molecule has 0 spiro atoms. The third-order valence-electron chi connectivity index (χ3n) is 6.69. The monoisotopic (exact) mass is 619 g/mol. The molecule has 1 amide bonds. The fraction of sp³-hybridized carbons (Fsp3) is 0.269. The maximum Gasteiger partial charge on any atom is 0.268 e. The van der Waals surface area contributed by atoms with Crippen LogP contribution in [0.15, 0.2) is 63.4 Å². The van der Waals surface area contributed by atoms with E-state index in [0.29, 0.717) is 24.5 Å². The first kappa shape index (κ1) is 24.3. The van der Waals surface area contributed by atoms with Crippen LogP contribution in [0.2, 0.25) is 5.02 Å². The molecule has 0 atom stereocenters. The van der Waals surface area contributed by atoms with Crippen LogP contribution in [0, 0.1) is 0 Å². The van der Waals surface area contributed by atoms with E-state index in [1.54, 1.807) is 18.3 Å². The lowest BCUT2D eigenvalue weighted by Gasteiger charge is -2.30. The van der Waals surface area contributed by atoms with Gasteiger partial charge in [-0.05, 0) is 70.9 Å². The van der Waals surface area contributed by atoms with Crippen LogP contribution in [-0.4, -0.2) is 34.3 Å². The number of carbonyl (C=O) groups is 1. The first-order valence-corrected chi connectivity index (χ1v) is 13.4. The standard InChI is InChI=1S/C26H24Br2ClN3O3/c27-20-12-19-2-1-18-13-21(29)14-22(28)24(18)25(26(19)32(35)15-20)17-5-7-30(8-6-17)23(33)11-16-3-9-31(34)10-4-16/h3-4,9-10,12-15,34-35H,1-2,5-8,11H2/q+2. The molecule has 35 heavy (non-hydrogen) atoms. The average molecular weight is 622 g/mol. The predicted octanol–water partition coefficient (Wildman–Crippen LogP) is 4.68. The van der Waals surface area contributed by atoms with Crippen LogP contribution in [0.3, 0.4) is 0 Å². The van der Waals surface area contributed by atoms with Crippen molar-refractivity contribution in [3.63, 3.8) is 0 Å². The minimum Gasteiger partial charge on any atom is -0.342 e. The van der Waals surface area contributed by atoms with Gasteiger partial charge in [0.2, 0.25) is 24.5 Å². The Morgan fingerprint density at radius 3 is 2.40 bits per heavy atom. The molecule has 1 saturated heterocycles. The van der Waals surface area contributed by atoms with Crippen molar-refractivity contribution in [1.82, 2.24) is 4.90 Å². The van der Waals surface area contributed by atoms with Crippen LogP contribution in [0.1, 0.15) is 40.8 Å². The minimum absolute atomic E-state index is 0.0699. The SMILES string of the molecule is O=C(Cc1cc[n+](O)cc1)N1CCC(=C2c3c(Br)cc(Cl)cc3CCc3cc(Br)c[n+](O)c32)CC1. The van der Waals surface area contributed by atoms with E-state index in [0.717, 1.165) is 72.9 Å². The summed E-state index contributed by atoms with van der Waals surface area (Å²) in [5, 5.41) is 21.1. The fourth-order valence-electron chi connectivity index (χ4n) is 5.03. The molecule has 2 N–H and O–H groups in total. The first-order valence-electron chi connectivity index (χ1n) is 11.4. The van der Waals surface area contributed by atoms with Gasteiger partial charge in [-0.3, -0.25) is 15.2 Å². The lowest BCUT2D eigenvalue weighted by atomic mass is 9.88. The Morgan fingerprint density at radius 1 is 1.00 bits per heavy atom. The number of piperidine rings is 1. The van der Waals surface area contributed by atoms with Gasteiger partial charge in [-0.25, -0.2) is 0 Å². The number of carbonyl (C=O) groups excluding carboxylic acids is 1. The number of hydrogen-bond acceptors (Lipinski definition) is 3. The number of amides is 1. The zero-order valence-electron chi connectivity index (χ0n) is 18.8. The number of likely N-dealkylation sites (tertiary alicyclic amines) is 1. The summed E-state index contributed by atoms with van der Waals surface area (Å²) in [7, 11) is 0. The second-order valence-corrected chi connectivity index (χ2v) is 11.1. The molecule has 1 aromatic carbocycles. The summed E-state index contributed by atoms with van der Waals surface area (Å²) in [5.41, 5.74) is 7.17. The molecule has 0 unspecified atom stereocenters. The van der Waals surface area contributed by atoms with Crippen molar-refractivity contribution in [2.75, 3.05) is 13.1 Å². The maximum absolute atomic E-state index is 12.9. The number of nitrogens with zero attached hydrogens (tertiary/aromatic N) is 3. The van der Waals surface area contributed by atoms with Crippen molar-refractivity contribution in [2.45, 2.75) is 32.1 Å². The molecular weight excluding hydrogens is 598 g/mol. The number of aromatic nitrogens is 2. The molecule has 0 saturated carbocycles. The highest BCUT2D eigenvalue weighted by atomic mass is 79.9. The lowest BCUT2D eigenvalue weighted by Crippen LogP contribution is -2.39. The van der Waals surface area contributed by atoms with Gasteiger partial charge in [-0.2, -0.15) is 0 Å². The van der Waals surface area contributed by atoms with Crippen LogP contribution in [0.5, 0.6) is 0 Å². The molecule has 1 aliphatic heterocycles. The van der Waals surface area contributed by atoms with Crippen molar-refractivity contribution >= 4 is 54.9 Å². The Kier molecular flexibility index (Phi) is 6.88. The van der Waals surface area contributed by atoms with Crippen LogP contribution >= 0.6 is 43.5 Å². The largest absolute Gasteiger partial charge is 0.342 e. The van der Waals surface area contributed by atoms with Gasteiger partial charge in [-0.1, -0.05) is 33.1 Å². The zero-order valence-corrected chi connectivity index (χ0v) is 22.8. The molecule has 3 aromatic rings. The quantitative estimate of drug-likeness (QED) is 0.323. The van der Waals surface area contributed by atoms with Crippen LogP contribution < -0.4 is 9.46 Å². The van der Waals surface area contributed by atoms with Gasteiger partial charge in [0.25, 0.3) is 5.69 Å². The number of rotatable bonds is 2. The zero-order chi connectivity index (χ0) is 24.7. The van der Waals surface area contributed by atoms with E-state index in [1.807, 2.05) is 17.0 Å². The summed E-state index contributed by atoms with van der Waals surface area (Å²) in [5.74, 6) is 0.0699. The molecule has 0 radical (unpaired) electrons. The van der Waals surface area contributed by atoms with Crippen molar-refractivity contribution in [3.8, 4) is 0 Å². The molecule has 9 heteroatoms. The second kappa shape index (κ2) is 9.91. The summed E-state index contributed by atoms with van der Waals surface area (Å²) in [6.45, 7) is 1.23. The number of pyridine rings is 2. The summed E-state index contributed by atoms with van der Waals surface area (Å²) >= 11 is 13.7. The van der Waals surface area contributed by atoms with Gasteiger partial charge < -0.3 is 4.90 Å². The molecule has 1 fully saturated rings. The van der Waals surface area contributed by atoms with E-state index in [2.05, 4.69) is 37.9 Å². The number of benzene rings is 1.